The summed E-state index contributed by atoms with van der Waals surface area (Å²) in [6.07, 6.45) is 5.58. The lowest BCUT2D eigenvalue weighted by molar-refractivity contribution is 0.134. The molecule has 0 amide bonds. The topological polar surface area (TPSA) is 85.8 Å². The van der Waals surface area contributed by atoms with Crippen LogP contribution < -0.4 is 15.4 Å². The quantitative estimate of drug-likeness (QED) is 0.377. The van der Waals surface area contributed by atoms with Crippen molar-refractivity contribution in [2.45, 2.75) is 64.6 Å². The minimum atomic E-state index is -3.26. The molecular formula is C23H39N5O2S. The Hall–Kier alpha value is -1.64. The molecule has 2 fully saturated rings. The first-order chi connectivity index (χ1) is 14.9. The fraction of sp³-hybridized carbons (Fsp3) is 0.696. The predicted octanol–water partition coefficient (Wildman–Crippen LogP) is 2.31. The largest absolute Gasteiger partial charge is 0.357 e. The van der Waals surface area contributed by atoms with Crippen LogP contribution in [0.2, 0.25) is 0 Å². The van der Waals surface area contributed by atoms with E-state index >= 15 is 0 Å². The van der Waals surface area contributed by atoms with Gasteiger partial charge in [0.2, 0.25) is 10.0 Å². The van der Waals surface area contributed by atoms with Crippen molar-refractivity contribution in [3.05, 3.63) is 35.9 Å². The molecular weight excluding hydrogens is 410 g/mol. The van der Waals surface area contributed by atoms with Gasteiger partial charge in [0.05, 0.1) is 12.3 Å². The maximum Gasteiger partial charge on any atom is 0.213 e. The summed E-state index contributed by atoms with van der Waals surface area (Å²) in [5.74, 6) is 1.26. The molecule has 0 radical (unpaired) electrons. The van der Waals surface area contributed by atoms with E-state index in [2.05, 4.69) is 62.5 Å². The minimum Gasteiger partial charge on any atom is -0.357 e. The van der Waals surface area contributed by atoms with E-state index in [1.807, 2.05) is 6.92 Å². The highest BCUT2D eigenvalue weighted by molar-refractivity contribution is 7.89. The van der Waals surface area contributed by atoms with Crippen molar-refractivity contribution >= 4 is 16.0 Å². The third-order valence-electron chi connectivity index (χ3n) is 6.37. The monoisotopic (exact) mass is 449 g/mol. The smallest absolute Gasteiger partial charge is 0.213 e. The van der Waals surface area contributed by atoms with Gasteiger partial charge in [0.1, 0.15) is 0 Å². The number of nitrogens with zero attached hydrogens (tertiary/aromatic N) is 2. The zero-order chi connectivity index (χ0) is 22.1. The molecule has 1 saturated carbocycles. The number of guanidine groups is 1. The van der Waals surface area contributed by atoms with Gasteiger partial charge < -0.3 is 10.6 Å². The first kappa shape index (κ1) is 24.0. The van der Waals surface area contributed by atoms with Crippen LogP contribution in [0.25, 0.3) is 0 Å². The van der Waals surface area contributed by atoms with Gasteiger partial charge in [-0.05, 0) is 51.0 Å². The Morgan fingerprint density at radius 3 is 2.61 bits per heavy atom. The van der Waals surface area contributed by atoms with E-state index in [-0.39, 0.29) is 12.3 Å². The van der Waals surface area contributed by atoms with Gasteiger partial charge in [-0.2, -0.15) is 0 Å². The predicted molar refractivity (Wildman–Crippen MR) is 128 cm³/mol. The number of aliphatic imine (C=N–C) groups is 1. The maximum atomic E-state index is 12.2. The summed E-state index contributed by atoms with van der Waals surface area (Å²) in [4.78, 5) is 7.05. The number of rotatable bonds is 10. The van der Waals surface area contributed by atoms with Crippen molar-refractivity contribution in [3.63, 3.8) is 0 Å². The van der Waals surface area contributed by atoms with E-state index < -0.39 is 10.0 Å². The summed E-state index contributed by atoms with van der Waals surface area (Å²) >= 11 is 0. The van der Waals surface area contributed by atoms with Gasteiger partial charge in [-0.1, -0.05) is 36.8 Å². The molecule has 1 aliphatic carbocycles. The number of sulfonamides is 1. The molecule has 0 spiro atoms. The van der Waals surface area contributed by atoms with Crippen LogP contribution in [0, 0.1) is 5.92 Å². The lowest BCUT2D eigenvalue weighted by atomic mass is 9.86. The third kappa shape index (κ3) is 8.09. The molecule has 7 nitrogen and oxygen atoms in total. The number of piperidine rings is 1. The van der Waals surface area contributed by atoms with Crippen LogP contribution in [0.3, 0.4) is 0 Å². The van der Waals surface area contributed by atoms with Crippen molar-refractivity contribution in [2.24, 2.45) is 10.9 Å². The molecule has 2 unspecified atom stereocenters. The molecule has 2 atom stereocenters. The molecule has 1 aromatic rings. The number of benzene rings is 1. The van der Waals surface area contributed by atoms with Crippen LogP contribution in [-0.2, 0) is 16.6 Å². The van der Waals surface area contributed by atoms with Crippen LogP contribution >= 0.6 is 0 Å². The molecule has 1 heterocycles. The van der Waals surface area contributed by atoms with E-state index in [9.17, 15) is 8.42 Å². The van der Waals surface area contributed by atoms with Crippen molar-refractivity contribution in [3.8, 4) is 0 Å². The zero-order valence-electron chi connectivity index (χ0n) is 19.0. The summed E-state index contributed by atoms with van der Waals surface area (Å²) in [7, 11) is -3.26. The van der Waals surface area contributed by atoms with Crippen molar-refractivity contribution in [1.82, 2.24) is 20.3 Å². The highest BCUT2D eigenvalue weighted by Crippen LogP contribution is 2.25. The number of hydrogen-bond acceptors (Lipinski definition) is 4. The third-order valence-corrected chi connectivity index (χ3v) is 7.70. The molecule has 0 bridgehead atoms. The standard InChI is InChI=1S/C23H39N5O2S/c1-3-24-23(25-13-15-31(29,30)26-17-20-10-7-11-20)27-22-12-14-28(19(2)16-22)18-21-8-5-4-6-9-21/h4-6,8-9,19-20,22,26H,3,7,10-18H2,1-2H3,(H2,24,25,27). The SMILES string of the molecule is CCNC(=NCCS(=O)(=O)NCC1CCC1)NC1CCN(Cc2ccccc2)C(C)C1. The molecule has 3 rings (SSSR count). The normalized spacial score (nSPS) is 23.4. The lowest BCUT2D eigenvalue weighted by Crippen LogP contribution is -2.51. The van der Waals surface area contributed by atoms with E-state index in [1.165, 1.54) is 12.0 Å². The van der Waals surface area contributed by atoms with Gasteiger partial charge in [-0.3, -0.25) is 9.89 Å². The average Bonchev–Trinajstić information content (AvgIpc) is 2.69. The second-order valence-corrected chi connectivity index (χ2v) is 10.8. The Kier molecular flexibility index (Phi) is 9.16. The van der Waals surface area contributed by atoms with Crippen LogP contribution in [0.5, 0.6) is 0 Å². The van der Waals surface area contributed by atoms with Crippen LogP contribution in [0.15, 0.2) is 35.3 Å². The Bertz CT molecular complexity index is 795. The van der Waals surface area contributed by atoms with Crippen molar-refractivity contribution in [2.75, 3.05) is 31.9 Å². The number of likely N-dealkylation sites (tertiary alicyclic amines) is 1. The summed E-state index contributed by atoms with van der Waals surface area (Å²) in [5.41, 5.74) is 1.35. The first-order valence-electron chi connectivity index (χ1n) is 11.8. The zero-order valence-corrected chi connectivity index (χ0v) is 19.8. The van der Waals surface area contributed by atoms with E-state index in [4.69, 9.17) is 0 Å². The van der Waals surface area contributed by atoms with Gasteiger partial charge in [0.25, 0.3) is 0 Å². The maximum absolute atomic E-state index is 12.2. The second-order valence-electron chi connectivity index (χ2n) is 8.90. The van der Waals surface area contributed by atoms with Gasteiger partial charge in [0.15, 0.2) is 5.96 Å². The average molecular weight is 450 g/mol. The Morgan fingerprint density at radius 1 is 1.19 bits per heavy atom. The minimum absolute atomic E-state index is 0.0300. The fourth-order valence-electron chi connectivity index (χ4n) is 4.21. The van der Waals surface area contributed by atoms with Crippen LogP contribution in [0.4, 0.5) is 0 Å². The Morgan fingerprint density at radius 2 is 1.97 bits per heavy atom. The Labute approximate surface area is 188 Å². The van der Waals surface area contributed by atoms with Gasteiger partial charge in [-0.15, -0.1) is 0 Å². The molecule has 8 heteroatoms. The van der Waals surface area contributed by atoms with Gasteiger partial charge in [0, 0.05) is 38.3 Å². The lowest BCUT2D eigenvalue weighted by Gasteiger charge is -2.38. The summed E-state index contributed by atoms with van der Waals surface area (Å²) < 4.78 is 27.1. The highest BCUT2D eigenvalue weighted by Gasteiger charge is 2.26. The molecule has 174 valence electrons. The fourth-order valence-corrected chi connectivity index (χ4v) is 5.18. The molecule has 2 aliphatic rings. The second kappa shape index (κ2) is 11.8. The van der Waals surface area contributed by atoms with Gasteiger partial charge >= 0.3 is 0 Å². The molecule has 3 N–H and O–H groups in total. The first-order valence-corrected chi connectivity index (χ1v) is 13.4. The molecule has 31 heavy (non-hydrogen) atoms. The molecule has 1 saturated heterocycles. The summed E-state index contributed by atoms with van der Waals surface area (Å²) in [6.45, 7) is 7.91. The number of nitrogens with one attached hydrogen (secondary N) is 3. The van der Waals surface area contributed by atoms with Gasteiger partial charge in [-0.25, -0.2) is 13.1 Å². The van der Waals surface area contributed by atoms with E-state index in [0.29, 0.717) is 30.5 Å². The van der Waals surface area contributed by atoms with Crippen molar-refractivity contribution < 1.29 is 8.42 Å². The molecule has 1 aromatic carbocycles. The van der Waals surface area contributed by atoms with E-state index in [0.717, 1.165) is 45.3 Å². The summed E-state index contributed by atoms with van der Waals surface area (Å²) in [6, 6.07) is 11.4. The molecule has 1 aliphatic heterocycles. The highest BCUT2D eigenvalue weighted by atomic mass is 32.2. The molecule has 0 aromatic heterocycles. The summed E-state index contributed by atoms with van der Waals surface area (Å²) in [5, 5.41) is 6.78. The number of hydrogen-bond donors (Lipinski definition) is 3. The van der Waals surface area contributed by atoms with Crippen LogP contribution in [0.1, 0.15) is 51.5 Å². The van der Waals surface area contributed by atoms with Crippen LogP contribution in [-0.4, -0.2) is 63.3 Å². The van der Waals surface area contributed by atoms with E-state index in [1.54, 1.807) is 0 Å². The Balaban J connectivity index is 1.44. The van der Waals surface area contributed by atoms with Crippen molar-refractivity contribution in [1.29, 1.82) is 0 Å².